The minimum absolute atomic E-state index is 0.0183. The lowest BCUT2D eigenvalue weighted by molar-refractivity contribution is -0.143. The zero-order valence-electron chi connectivity index (χ0n) is 16.6. The molecule has 0 bridgehead atoms. The van der Waals surface area contributed by atoms with Crippen LogP contribution in [0.25, 0.3) is 11.3 Å². The van der Waals surface area contributed by atoms with Gasteiger partial charge in [0.2, 0.25) is 6.10 Å². The Hall–Kier alpha value is -3.32. The van der Waals surface area contributed by atoms with E-state index in [9.17, 15) is 4.79 Å². The third-order valence-electron chi connectivity index (χ3n) is 5.48. The first-order valence-electron chi connectivity index (χ1n) is 10.2. The lowest BCUT2D eigenvalue weighted by Crippen LogP contribution is -2.53. The molecule has 7 heteroatoms. The molecule has 154 valence electrons. The Bertz CT molecular complexity index is 1010. The zero-order chi connectivity index (χ0) is 20.3. The van der Waals surface area contributed by atoms with Gasteiger partial charge in [-0.05, 0) is 12.1 Å². The number of hydrogen-bond acceptors (Lipinski definition) is 6. The van der Waals surface area contributed by atoms with Gasteiger partial charge in [-0.25, -0.2) is 0 Å². The van der Waals surface area contributed by atoms with Crippen molar-refractivity contribution < 1.29 is 18.8 Å². The van der Waals surface area contributed by atoms with Crippen LogP contribution >= 0.6 is 0 Å². The molecule has 3 heterocycles. The van der Waals surface area contributed by atoms with Crippen LogP contribution in [0.2, 0.25) is 0 Å². The van der Waals surface area contributed by atoms with E-state index in [2.05, 4.69) is 10.1 Å². The fraction of sp³-hybridized carbons (Fsp3) is 0.304. The molecule has 2 aromatic carbocycles. The highest BCUT2D eigenvalue weighted by atomic mass is 16.6. The van der Waals surface area contributed by atoms with E-state index in [-0.39, 0.29) is 12.5 Å². The summed E-state index contributed by atoms with van der Waals surface area (Å²) in [7, 11) is 0. The summed E-state index contributed by atoms with van der Waals surface area (Å²) >= 11 is 0. The summed E-state index contributed by atoms with van der Waals surface area (Å²) in [5.41, 5.74) is 1.88. The Morgan fingerprint density at radius 2 is 1.70 bits per heavy atom. The number of carbonyl (C=O) groups excluding carboxylic acids is 1. The number of fused-ring (bicyclic) bond motifs is 1. The largest absolute Gasteiger partial charge is 0.485 e. The van der Waals surface area contributed by atoms with E-state index in [1.54, 1.807) is 0 Å². The van der Waals surface area contributed by atoms with Crippen molar-refractivity contribution >= 4 is 5.91 Å². The number of para-hydroxylation sites is 2. The molecule has 3 aromatic rings. The molecule has 0 saturated carbocycles. The maximum Gasteiger partial charge on any atom is 0.267 e. The zero-order valence-corrected chi connectivity index (χ0v) is 16.6. The summed E-state index contributed by atoms with van der Waals surface area (Å²) in [5.74, 6) is 2.12. The Balaban J connectivity index is 1.14. The predicted octanol–water partition coefficient (Wildman–Crippen LogP) is 2.83. The van der Waals surface area contributed by atoms with Gasteiger partial charge in [-0.3, -0.25) is 9.69 Å². The predicted molar refractivity (Wildman–Crippen MR) is 110 cm³/mol. The molecule has 1 fully saturated rings. The smallest absolute Gasteiger partial charge is 0.267 e. The molecule has 0 aliphatic carbocycles. The van der Waals surface area contributed by atoms with Gasteiger partial charge in [0.05, 0.1) is 6.54 Å². The first-order chi connectivity index (χ1) is 14.8. The van der Waals surface area contributed by atoms with Gasteiger partial charge in [0, 0.05) is 37.8 Å². The van der Waals surface area contributed by atoms with Gasteiger partial charge in [0.1, 0.15) is 12.3 Å². The summed E-state index contributed by atoms with van der Waals surface area (Å²) in [5, 5.41) is 4.18. The van der Waals surface area contributed by atoms with Crippen molar-refractivity contribution in [3.8, 4) is 22.8 Å². The highest BCUT2D eigenvalue weighted by molar-refractivity contribution is 5.82. The Morgan fingerprint density at radius 3 is 2.50 bits per heavy atom. The van der Waals surface area contributed by atoms with Gasteiger partial charge in [-0.15, -0.1) is 0 Å². The number of hydrogen-bond donors (Lipinski definition) is 0. The van der Waals surface area contributed by atoms with E-state index < -0.39 is 6.10 Å². The molecule has 0 N–H and O–H groups in total. The Kier molecular flexibility index (Phi) is 5.11. The first-order valence-corrected chi connectivity index (χ1v) is 10.2. The van der Waals surface area contributed by atoms with Crippen LogP contribution in [-0.4, -0.2) is 59.8 Å². The number of carbonyl (C=O) groups is 1. The van der Waals surface area contributed by atoms with Crippen LogP contribution in [0, 0.1) is 0 Å². The first kappa shape index (κ1) is 18.7. The fourth-order valence-electron chi connectivity index (χ4n) is 3.82. The quantitative estimate of drug-likeness (QED) is 0.665. The maximum absolute atomic E-state index is 12.9. The topological polar surface area (TPSA) is 68.0 Å². The summed E-state index contributed by atoms with van der Waals surface area (Å²) in [6, 6.07) is 19.4. The summed E-state index contributed by atoms with van der Waals surface area (Å²) < 4.78 is 17.1. The van der Waals surface area contributed by atoms with E-state index in [4.69, 9.17) is 14.0 Å². The summed E-state index contributed by atoms with van der Waals surface area (Å²) in [6.45, 7) is 3.78. The number of ether oxygens (including phenoxy) is 2. The highest BCUT2D eigenvalue weighted by Gasteiger charge is 2.32. The normalized spacial score (nSPS) is 18.9. The molecule has 1 unspecified atom stereocenters. The Labute approximate surface area is 174 Å². The van der Waals surface area contributed by atoms with Crippen LogP contribution in [0.1, 0.15) is 5.76 Å². The van der Waals surface area contributed by atoms with Crippen LogP contribution in [0.15, 0.2) is 65.2 Å². The molecular formula is C23H23N3O4. The number of nitrogens with zero attached hydrogens (tertiary/aromatic N) is 3. The molecule has 1 atom stereocenters. The van der Waals surface area contributed by atoms with Crippen molar-refractivity contribution in [1.82, 2.24) is 15.0 Å². The minimum Gasteiger partial charge on any atom is -0.485 e. The average Bonchev–Trinajstić information content (AvgIpc) is 3.28. The van der Waals surface area contributed by atoms with E-state index in [1.807, 2.05) is 65.6 Å². The van der Waals surface area contributed by atoms with Crippen LogP contribution in [0.3, 0.4) is 0 Å². The van der Waals surface area contributed by atoms with Gasteiger partial charge in [0.25, 0.3) is 5.91 Å². The molecule has 30 heavy (non-hydrogen) atoms. The molecular weight excluding hydrogens is 382 g/mol. The lowest BCUT2D eigenvalue weighted by Gasteiger charge is -2.36. The third kappa shape index (κ3) is 3.89. The number of benzene rings is 2. The molecule has 1 amide bonds. The van der Waals surface area contributed by atoms with E-state index in [1.165, 1.54) is 0 Å². The van der Waals surface area contributed by atoms with Crippen molar-refractivity contribution in [2.24, 2.45) is 0 Å². The second-order valence-electron chi connectivity index (χ2n) is 7.51. The summed E-state index contributed by atoms with van der Waals surface area (Å²) in [6.07, 6.45) is -0.589. The second kappa shape index (κ2) is 8.20. The van der Waals surface area contributed by atoms with Crippen molar-refractivity contribution in [3.63, 3.8) is 0 Å². The molecule has 1 aromatic heterocycles. The third-order valence-corrected chi connectivity index (χ3v) is 5.48. The van der Waals surface area contributed by atoms with Crippen LogP contribution < -0.4 is 9.47 Å². The van der Waals surface area contributed by atoms with E-state index >= 15 is 0 Å². The SMILES string of the molecule is O=C(C1COc2ccccc2O1)N1CCN(Cc2cc(-c3ccccc3)no2)CC1. The molecule has 0 spiro atoms. The molecule has 2 aliphatic heterocycles. The maximum atomic E-state index is 12.9. The van der Waals surface area contributed by atoms with Gasteiger partial charge in [-0.1, -0.05) is 47.6 Å². The van der Waals surface area contributed by atoms with Gasteiger partial charge < -0.3 is 18.9 Å². The molecule has 7 nitrogen and oxygen atoms in total. The molecule has 1 saturated heterocycles. The minimum atomic E-state index is -0.589. The van der Waals surface area contributed by atoms with Gasteiger partial charge in [-0.2, -0.15) is 0 Å². The standard InChI is InChI=1S/C23H23N3O4/c27-23(22-16-28-20-8-4-5-9-21(20)29-22)26-12-10-25(11-13-26)15-18-14-19(24-30-18)17-6-2-1-3-7-17/h1-9,14,22H,10-13,15-16H2. The van der Waals surface area contributed by atoms with Crippen LogP contribution in [0.4, 0.5) is 0 Å². The van der Waals surface area contributed by atoms with Crippen LogP contribution in [-0.2, 0) is 11.3 Å². The Morgan fingerprint density at radius 1 is 0.967 bits per heavy atom. The highest BCUT2D eigenvalue weighted by Crippen LogP contribution is 2.31. The number of piperazine rings is 1. The second-order valence-corrected chi connectivity index (χ2v) is 7.51. The van der Waals surface area contributed by atoms with Crippen molar-refractivity contribution in [3.05, 3.63) is 66.4 Å². The van der Waals surface area contributed by atoms with Gasteiger partial charge >= 0.3 is 0 Å². The van der Waals surface area contributed by atoms with Crippen molar-refractivity contribution in [1.29, 1.82) is 0 Å². The fourth-order valence-corrected chi connectivity index (χ4v) is 3.82. The molecule has 2 aliphatic rings. The van der Waals surface area contributed by atoms with Crippen LogP contribution in [0.5, 0.6) is 11.5 Å². The van der Waals surface area contributed by atoms with E-state index in [0.717, 1.165) is 30.1 Å². The van der Waals surface area contributed by atoms with Gasteiger partial charge in [0.15, 0.2) is 17.3 Å². The number of aromatic nitrogens is 1. The monoisotopic (exact) mass is 405 g/mol. The summed E-state index contributed by atoms with van der Waals surface area (Å²) in [4.78, 5) is 17.0. The lowest BCUT2D eigenvalue weighted by atomic mass is 10.1. The van der Waals surface area contributed by atoms with E-state index in [0.29, 0.717) is 31.1 Å². The molecule has 0 radical (unpaired) electrons. The average molecular weight is 405 g/mol. The van der Waals surface area contributed by atoms with Crippen molar-refractivity contribution in [2.75, 3.05) is 32.8 Å². The van der Waals surface area contributed by atoms with Crippen molar-refractivity contribution in [2.45, 2.75) is 12.6 Å². The molecule has 5 rings (SSSR count). The number of rotatable bonds is 4. The number of amides is 1.